The summed E-state index contributed by atoms with van der Waals surface area (Å²) < 4.78 is 0. The lowest BCUT2D eigenvalue weighted by Crippen LogP contribution is -2.12. The van der Waals surface area contributed by atoms with Crippen molar-refractivity contribution in [1.82, 2.24) is 0 Å². The molecule has 0 radical (unpaired) electrons. The van der Waals surface area contributed by atoms with Gasteiger partial charge in [0.25, 0.3) is 0 Å². The number of hydrogen-bond donors (Lipinski definition) is 2. The third-order valence-electron chi connectivity index (χ3n) is 3.87. The quantitative estimate of drug-likeness (QED) is 0.570. The average Bonchev–Trinajstić information content (AvgIpc) is 2.59. The molecule has 0 atom stereocenters. The van der Waals surface area contributed by atoms with Crippen molar-refractivity contribution in [3.8, 4) is 0 Å². The van der Waals surface area contributed by atoms with Crippen LogP contribution in [0, 0.1) is 0 Å². The monoisotopic (exact) mass is 302 g/mol. The summed E-state index contributed by atoms with van der Waals surface area (Å²) in [5, 5.41) is 0. The van der Waals surface area contributed by atoms with Crippen LogP contribution in [0.15, 0.2) is 72.8 Å². The van der Waals surface area contributed by atoms with Crippen molar-refractivity contribution in [3.63, 3.8) is 0 Å². The molecule has 4 N–H and O–H groups in total. The summed E-state index contributed by atoms with van der Waals surface area (Å²) in [5.74, 6) is -0.0960. The number of nitrogens with two attached hydrogens (primary N) is 2. The fourth-order valence-electron chi connectivity index (χ4n) is 2.67. The van der Waals surface area contributed by atoms with Gasteiger partial charge in [0.2, 0.25) is 0 Å². The molecule has 0 aliphatic carbocycles. The lowest BCUT2D eigenvalue weighted by Gasteiger charge is -2.14. The zero-order valence-electron chi connectivity index (χ0n) is 12.7. The summed E-state index contributed by atoms with van der Waals surface area (Å²) >= 11 is 0. The molecule has 0 aromatic heterocycles. The standard InChI is InChI=1S/C20H18N2O/c21-17-11-12-18(22)19(20(23)15-9-5-2-6-10-15)16(17)13-14-7-3-1-4-8-14/h1-12H,13,21-22H2. The van der Waals surface area contributed by atoms with E-state index in [1.807, 2.05) is 48.5 Å². The van der Waals surface area contributed by atoms with Gasteiger partial charge in [0.05, 0.1) is 5.56 Å². The molecule has 0 spiro atoms. The van der Waals surface area contributed by atoms with Crippen LogP contribution in [0.5, 0.6) is 0 Å². The third kappa shape index (κ3) is 3.09. The van der Waals surface area contributed by atoms with E-state index in [2.05, 4.69) is 0 Å². The van der Waals surface area contributed by atoms with Crippen LogP contribution >= 0.6 is 0 Å². The molecule has 0 bridgehead atoms. The Morgan fingerprint density at radius 2 is 1.30 bits per heavy atom. The molecule has 3 nitrogen and oxygen atoms in total. The van der Waals surface area contributed by atoms with Crippen LogP contribution in [0.3, 0.4) is 0 Å². The van der Waals surface area contributed by atoms with E-state index in [1.54, 1.807) is 24.3 Å². The molecular formula is C20H18N2O. The largest absolute Gasteiger partial charge is 0.398 e. The number of carbonyl (C=O) groups is 1. The van der Waals surface area contributed by atoms with Crippen LogP contribution < -0.4 is 11.5 Å². The van der Waals surface area contributed by atoms with Crippen LogP contribution in [0.1, 0.15) is 27.0 Å². The topological polar surface area (TPSA) is 69.1 Å². The molecule has 114 valence electrons. The SMILES string of the molecule is Nc1ccc(N)c(C(=O)c2ccccc2)c1Cc1ccccc1. The molecule has 0 fully saturated rings. The second-order valence-corrected chi connectivity index (χ2v) is 5.46. The van der Waals surface area contributed by atoms with Gasteiger partial charge >= 0.3 is 0 Å². The maximum atomic E-state index is 12.9. The van der Waals surface area contributed by atoms with Gasteiger partial charge in [0, 0.05) is 23.4 Å². The Hall–Kier alpha value is -3.07. The smallest absolute Gasteiger partial charge is 0.195 e. The first-order valence-electron chi connectivity index (χ1n) is 7.47. The summed E-state index contributed by atoms with van der Waals surface area (Å²) in [4.78, 5) is 12.9. The van der Waals surface area contributed by atoms with Gasteiger partial charge in [-0.3, -0.25) is 4.79 Å². The van der Waals surface area contributed by atoms with E-state index in [0.717, 1.165) is 11.1 Å². The Balaban J connectivity index is 2.09. The van der Waals surface area contributed by atoms with E-state index >= 15 is 0 Å². The van der Waals surface area contributed by atoms with E-state index in [1.165, 1.54) is 0 Å². The van der Waals surface area contributed by atoms with Crippen LogP contribution in [0.25, 0.3) is 0 Å². The molecule has 3 aromatic carbocycles. The maximum Gasteiger partial charge on any atom is 0.195 e. The Labute approximate surface area is 135 Å². The van der Waals surface area contributed by atoms with Crippen LogP contribution in [0.4, 0.5) is 11.4 Å². The van der Waals surface area contributed by atoms with Crippen LogP contribution in [0.2, 0.25) is 0 Å². The van der Waals surface area contributed by atoms with Gasteiger partial charge in [0.1, 0.15) is 0 Å². The van der Waals surface area contributed by atoms with Crippen molar-refractivity contribution in [2.75, 3.05) is 11.5 Å². The molecule has 0 aliphatic heterocycles. The predicted molar refractivity (Wildman–Crippen MR) is 94.4 cm³/mol. The van der Waals surface area contributed by atoms with E-state index in [0.29, 0.717) is 28.9 Å². The number of ketones is 1. The number of benzene rings is 3. The first-order chi connectivity index (χ1) is 11.2. The zero-order valence-corrected chi connectivity index (χ0v) is 12.7. The second kappa shape index (κ2) is 6.36. The highest BCUT2D eigenvalue weighted by molar-refractivity contribution is 6.13. The zero-order chi connectivity index (χ0) is 16.2. The minimum absolute atomic E-state index is 0.0960. The van der Waals surface area contributed by atoms with Crippen molar-refractivity contribution in [3.05, 3.63) is 95.1 Å². The average molecular weight is 302 g/mol. The third-order valence-corrected chi connectivity index (χ3v) is 3.87. The van der Waals surface area contributed by atoms with Gasteiger partial charge in [-0.1, -0.05) is 60.7 Å². The van der Waals surface area contributed by atoms with Gasteiger partial charge in [-0.15, -0.1) is 0 Å². The molecule has 0 saturated carbocycles. The van der Waals surface area contributed by atoms with E-state index < -0.39 is 0 Å². The van der Waals surface area contributed by atoms with E-state index in [4.69, 9.17) is 11.5 Å². The van der Waals surface area contributed by atoms with Gasteiger partial charge in [-0.05, 0) is 23.3 Å². The molecule has 0 amide bonds. The summed E-state index contributed by atoms with van der Waals surface area (Å²) in [5.41, 5.74) is 16.3. The lowest BCUT2D eigenvalue weighted by atomic mass is 9.91. The van der Waals surface area contributed by atoms with Crippen molar-refractivity contribution >= 4 is 17.2 Å². The summed E-state index contributed by atoms with van der Waals surface area (Å²) in [6, 6.07) is 22.5. The summed E-state index contributed by atoms with van der Waals surface area (Å²) in [6.45, 7) is 0. The van der Waals surface area contributed by atoms with Crippen molar-refractivity contribution in [1.29, 1.82) is 0 Å². The molecule has 3 aromatic rings. The Kier molecular flexibility index (Phi) is 4.11. The first-order valence-corrected chi connectivity index (χ1v) is 7.47. The molecule has 0 unspecified atom stereocenters. The summed E-state index contributed by atoms with van der Waals surface area (Å²) in [6.07, 6.45) is 0.575. The lowest BCUT2D eigenvalue weighted by molar-refractivity contribution is 0.103. The van der Waals surface area contributed by atoms with Gasteiger partial charge in [0.15, 0.2) is 5.78 Å². The summed E-state index contributed by atoms with van der Waals surface area (Å²) in [7, 11) is 0. The molecule has 23 heavy (non-hydrogen) atoms. The molecule has 0 aliphatic rings. The van der Waals surface area contributed by atoms with Crippen molar-refractivity contribution < 1.29 is 4.79 Å². The number of carbonyl (C=O) groups excluding carboxylic acids is 1. The Morgan fingerprint density at radius 3 is 1.96 bits per heavy atom. The van der Waals surface area contributed by atoms with Gasteiger partial charge in [-0.2, -0.15) is 0 Å². The fourth-order valence-corrected chi connectivity index (χ4v) is 2.67. The molecule has 3 rings (SSSR count). The second-order valence-electron chi connectivity index (χ2n) is 5.46. The predicted octanol–water partition coefficient (Wildman–Crippen LogP) is 3.67. The molecular weight excluding hydrogens is 284 g/mol. The number of rotatable bonds is 4. The normalized spacial score (nSPS) is 10.4. The highest BCUT2D eigenvalue weighted by atomic mass is 16.1. The van der Waals surface area contributed by atoms with Crippen molar-refractivity contribution in [2.45, 2.75) is 6.42 Å². The number of hydrogen-bond acceptors (Lipinski definition) is 3. The minimum Gasteiger partial charge on any atom is -0.398 e. The minimum atomic E-state index is -0.0960. The molecule has 3 heteroatoms. The highest BCUT2D eigenvalue weighted by Gasteiger charge is 2.19. The van der Waals surface area contributed by atoms with Gasteiger partial charge < -0.3 is 11.5 Å². The number of nitrogen functional groups attached to an aromatic ring is 2. The Bertz CT molecular complexity index is 827. The highest BCUT2D eigenvalue weighted by Crippen LogP contribution is 2.28. The van der Waals surface area contributed by atoms with Gasteiger partial charge in [-0.25, -0.2) is 0 Å². The first kappa shape index (κ1) is 14.9. The molecule has 0 saturated heterocycles. The maximum absolute atomic E-state index is 12.9. The van der Waals surface area contributed by atoms with Crippen LogP contribution in [-0.4, -0.2) is 5.78 Å². The van der Waals surface area contributed by atoms with E-state index in [-0.39, 0.29) is 5.78 Å². The van der Waals surface area contributed by atoms with Crippen molar-refractivity contribution in [2.24, 2.45) is 0 Å². The fraction of sp³-hybridized carbons (Fsp3) is 0.0500. The molecule has 0 heterocycles. The van der Waals surface area contributed by atoms with Crippen LogP contribution in [-0.2, 0) is 6.42 Å². The number of anilines is 2. The van der Waals surface area contributed by atoms with E-state index in [9.17, 15) is 4.79 Å². The Morgan fingerprint density at radius 1 is 0.739 bits per heavy atom.